The highest BCUT2D eigenvalue weighted by Crippen LogP contribution is 2.33. The summed E-state index contributed by atoms with van der Waals surface area (Å²) < 4.78 is 7.10. The van der Waals surface area contributed by atoms with Gasteiger partial charge in [-0.15, -0.1) is 11.3 Å². The van der Waals surface area contributed by atoms with Crippen LogP contribution in [0, 0.1) is 0 Å². The van der Waals surface area contributed by atoms with E-state index < -0.39 is 6.04 Å². The Hall–Kier alpha value is -1.69. The minimum absolute atomic E-state index is 0.00463. The van der Waals surface area contributed by atoms with Gasteiger partial charge < -0.3 is 4.74 Å². The number of esters is 1. The Bertz CT molecular complexity index is 848. The number of fused-ring (bicyclic) bond motifs is 3. The van der Waals surface area contributed by atoms with E-state index in [2.05, 4.69) is 4.98 Å². The normalized spacial score (nSPS) is 19.6. The molecule has 0 aromatic carbocycles. The monoisotopic (exact) mass is 360 g/mol. The van der Waals surface area contributed by atoms with Gasteiger partial charge in [0.1, 0.15) is 17.0 Å². The zero-order chi connectivity index (χ0) is 17.4. The van der Waals surface area contributed by atoms with E-state index in [0.29, 0.717) is 0 Å². The Morgan fingerprint density at radius 1 is 1.24 bits per heavy atom. The van der Waals surface area contributed by atoms with Gasteiger partial charge in [0.2, 0.25) is 0 Å². The summed E-state index contributed by atoms with van der Waals surface area (Å²) in [5.74, 6) is -0.320. The Morgan fingerprint density at radius 2 is 2.00 bits per heavy atom. The van der Waals surface area contributed by atoms with Crippen molar-refractivity contribution in [1.29, 1.82) is 0 Å². The quantitative estimate of drug-likeness (QED) is 0.782. The van der Waals surface area contributed by atoms with Crippen LogP contribution in [0.25, 0.3) is 10.2 Å². The highest BCUT2D eigenvalue weighted by atomic mass is 32.1. The number of hydrogen-bond acceptors (Lipinski definition) is 5. The second kappa shape index (κ2) is 6.90. The van der Waals surface area contributed by atoms with Crippen molar-refractivity contribution in [1.82, 2.24) is 9.55 Å². The molecular weight excluding hydrogens is 336 g/mol. The fourth-order valence-corrected chi connectivity index (χ4v) is 5.21. The second-order valence-corrected chi connectivity index (χ2v) is 8.30. The van der Waals surface area contributed by atoms with Gasteiger partial charge in [-0.05, 0) is 63.9 Å². The van der Waals surface area contributed by atoms with E-state index in [4.69, 9.17) is 4.74 Å². The average molecular weight is 360 g/mol. The SMILES string of the molecule is C[C@@H](C(=O)OC1CCCCC1)n1cnc2sc3c(c2c1=O)CCCC3. The van der Waals surface area contributed by atoms with E-state index in [0.717, 1.165) is 60.7 Å². The van der Waals surface area contributed by atoms with Crippen molar-refractivity contribution in [2.75, 3.05) is 0 Å². The van der Waals surface area contributed by atoms with Crippen molar-refractivity contribution in [3.8, 4) is 0 Å². The zero-order valence-electron chi connectivity index (χ0n) is 14.6. The summed E-state index contributed by atoms with van der Waals surface area (Å²) >= 11 is 1.63. The molecule has 6 heteroatoms. The Morgan fingerprint density at radius 3 is 2.80 bits per heavy atom. The Balaban J connectivity index is 1.63. The van der Waals surface area contributed by atoms with Crippen LogP contribution in [-0.4, -0.2) is 21.6 Å². The van der Waals surface area contributed by atoms with Crippen molar-refractivity contribution >= 4 is 27.5 Å². The summed E-state index contributed by atoms with van der Waals surface area (Å²) in [5, 5.41) is 0.722. The Kier molecular flexibility index (Phi) is 4.63. The van der Waals surface area contributed by atoms with Crippen LogP contribution in [0.4, 0.5) is 0 Å². The lowest BCUT2D eigenvalue weighted by Crippen LogP contribution is -2.32. The summed E-state index contributed by atoms with van der Waals surface area (Å²) in [6.07, 6.45) is 11.1. The summed E-state index contributed by atoms with van der Waals surface area (Å²) in [7, 11) is 0. The molecule has 0 unspecified atom stereocenters. The van der Waals surface area contributed by atoms with Crippen LogP contribution in [0.1, 0.15) is 68.4 Å². The van der Waals surface area contributed by atoms with Gasteiger partial charge in [-0.3, -0.25) is 9.36 Å². The van der Waals surface area contributed by atoms with Gasteiger partial charge in [0.15, 0.2) is 0 Å². The lowest BCUT2D eigenvalue weighted by atomic mass is 9.97. The molecule has 2 heterocycles. The number of aromatic nitrogens is 2. The summed E-state index contributed by atoms with van der Waals surface area (Å²) in [6.45, 7) is 1.74. The molecule has 0 spiro atoms. The highest BCUT2D eigenvalue weighted by molar-refractivity contribution is 7.18. The van der Waals surface area contributed by atoms with Crippen molar-refractivity contribution in [3.63, 3.8) is 0 Å². The van der Waals surface area contributed by atoms with Crippen molar-refractivity contribution in [2.45, 2.75) is 76.9 Å². The third-order valence-corrected chi connectivity index (χ3v) is 6.69. The van der Waals surface area contributed by atoms with Crippen LogP contribution in [0.15, 0.2) is 11.1 Å². The van der Waals surface area contributed by atoms with E-state index in [9.17, 15) is 9.59 Å². The molecule has 0 bridgehead atoms. The van der Waals surface area contributed by atoms with Gasteiger partial charge in [0.05, 0.1) is 11.7 Å². The number of carbonyl (C=O) groups is 1. The molecule has 1 fully saturated rings. The van der Waals surface area contributed by atoms with Crippen LogP contribution >= 0.6 is 11.3 Å². The van der Waals surface area contributed by atoms with Gasteiger partial charge in [-0.2, -0.15) is 0 Å². The number of carbonyl (C=O) groups excluding carboxylic acids is 1. The lowest BCUT2D eigenvalue weighted by Gasteiger charge is -2.24. The molecule has 0 aliphatic heterocycles. The molecular formula is C19H24N2O3S. The first-order valence-corrected chi connectivity index (χ1v) is 10.2. The smallest absolute Gasteiger partial charge is 0.329 e. The highest BCUT2D eigenvalue weighted by Gasteiger charge is 2.26. The molecule has 0 amide bonds. The summed E-state index contributed by atoms with van der Waals surface area (Å²) in [4.78, 5) is 32.1. The maximum atomic E-state index is 13.0. The first-order chi connectivity index (χ1) is 12.1. The minimum Gasteiger partial charge on any atom is -0.461 e. The minimum atomic E-state index is -0.634. The van der Waals surface area contributed by atoms with E-state index in [1.165, 1.54) is 28.6 Å². The summed E-state index contributed by atoms with van der Waals surface area (Å²) in [6, 6.07) is -0.634. The van der Waals surface area contributed by atoms with Crippen molar-refractivity contribution in [2.24, 2.45) is 0 Å². The van der Waals surface area contributed by atoms with Gasteiger partial charge in [-0.25, -0.2) is 9.78 Å². The third kappa shape index (κ3) is 3.12. The predicted octanol–water partition coefficient (Wildman–Crippen LogP) is 3.77. The lowest BCUT2D eigenvalue weighted by molar-refractivity contribution is -0.154. The van der Waals surface area contributed by atoms with Crippen LogP contribution in [0.3, 0.4) is 0 Å². The molecule has 134 valence electrons. The average Bonchev–Trinajstić information content (AvgIpc) is 3.01. The van der Waals surface area contributed by atoms with E-state index in [-0.39, 0.29) is 17.6 Å². The fourth-order valence-electron chi connectivity index (χ4n) is 3.99. The van der Waals surface area contributed by atoms with Crippen LogP contribution < -0.4 is 5.56 Å². The molecule has 0 saturated heterocycles. The maximum absolute atomic E-state index is 13.0. The molecule has 2 aromatic rings. The molecule has 1 atom stereocenters. The number of aryl methyl sites for hydroxylation is 2. The third-order valence-electron chi connectivity index (χ3n) is 5.49. The first-order valence-electron chi connectivity index (χ1n) is 9.37. The molecule has 4 rings (SSSR count). The molecule has 2 aliphatic carbocycles. The van der Waals surface area contributed by atoms with Crippen LogP contribution in [-0.2, 0) is 22.4 Å². The number of rotatable bonds is 3. The summed E-state index contributed by atoms with van der Waals surface area (Å²) in [5.41, 5.74) is 1.06. The number of hydrogen-bond donors (Lipinski definition) is 0. The van der Waals surface area contributed by atoms with E-state index >= 15 is 0 Å². The number of thiophene rings is 1. The van der Waals surface area contributed by atoms with Crippen molar-refractivity contribution in [3.05, 3.63) is 27.1 Å². The standard InChI is InChI=1S/C19H24N2O3S/c1-12(19(23)24-13-7-3-2-4-8-13)21-11-20-17-16(18(21)22)14-9-5-6-10-15(14)25-17/h11-13H,2-10H2,1H3/t12-/m0/s1. The van der Waals surface area contributed by atoms with Crippen LogP contribution in [0.5, 0.6) is 0 Å². The van der Waals surface area contributed by atoms with E-state index in [1.807, 2.05) is 0 Å². The maximum Gasteiger partial charge on any atom is 0.329 e. The van der Waals surface area contributed by atoms with E-state index in [1.54, 1.807) is 18.3 Å². The molecule has 5 nitrogen and oxygen atoms in total. The number of ether oxygens (including phenoxy) is 1. The molecule has 0 radical (unpaired) electrons. The molecule has 2 aromatic heterocycles. The van der Waals surface area contributed by atoms with Gasteiger partial charge in [0.25, 0.3) is 5.56 Å². The molecule has 2 aliphatic rings. The Labute approximate surface area is 151 Å². The fraction of sp³-hybridized carbons (Fsp3) is 0.632. The molecule has 1 saturated carbocycles. The van der Waals surface area contributed by atoms with Crippen LogP contribution in [0.2, 0.25) is 0 Å². The van der Waals surface area contributed by atoms with Crippen molar-refractivity contribution < 1.29 is 9.53 Å². The topological polar surface area (TPSA) is 61.2 Å². The molecule has 0 N–H and O–H groups in total. The second-order valence-electron chi connectivity index (χ2n) is 7.22. The van der Waals surface area contributed by atoms with Gasteiger partial charge >= 0.3 is 5.97 Å². The van der Waals surface area contributed by atoms with Gasteiger partial charge in [-0.1, -0.05) is 6.42 Å². The van der Waals surface area contributed by atoms with Gasteiger partial charge in [0, 0.05) is 4.88 Å². The predicted molar refractivity (Wildman–Crippen MR) is 98.2 cm³/mol. The largest absolute Gasteiger partial charge is 0.461 e. The first kappa shape index (κ1) is 16.8. The molecule has 25 heavy (non-hydrogen) atoms. The number of nitrogens with zero attached hydrogens (tertiary/aromatic N) is 2. The zero-order valence-corrected chi connectivity index (χ0v) is 15.4.